The first-order valence-electron chi connectivity index (χ1n) is 7.92. The van der Waals surface area contributed by atoms with Gasteiger partial charge < -0.3 is 15.2 Å². The Balaban J connectivity index is 0.00000312. The summed E-state index contributed by atoms with van der Waals surface area (Å²) >= 11 is 0. The highest BCUT2D eigenvalue weighted by Crippen LogP contribution is 2.29. The maximum atomic E-state index is 11.3. The lowest BCUT2D eigenvalue weighted by Gasteiger charge is -2.32. The third kappa shape index (κ3) is 6.15. The highest BCUT2D eigenvalue weighted by molar-refractivity contribution is 5.85. The molecule has 0 bridgehead atoms. The fourth-order valence-electron chi connectivity index (χ4n) is 2.87. The molecule has 1 atom stereocenters. The zero-order valence-electron chi connectivity index (χ0n) is 14.2. The number of nitrogens with two attached hydrogens (primary N) is 1. The molecule has 1 unspecified atom stereocenters. The Labute approximate surface area is 152 Å². The van der Waals surface area contributed by atoms with E-state index in [0.29, 0.717) is 19.0 Å². The molecule has 0 aromatic heterocycles. The average molecular weight is 374 g/mol. The zero-order valence-corrected chi connectivity index (χ0v) is 15.0. The van der Waals surface area contributed by atoms with E-state index in [-0.39, 0.29) is 30.5 Å². The summed E-state index contributed by atoms with van der Waals surface area (Å²) in [5.41, 5.74) is 6.43. The smallest absolute Gasteiger partial charge is 0.343 e. The lowest BCUT2D eigenvalue weighted by molar-refractivity contribution is -0.385. The van der Waals surface area contributed by atoms with Crippen LogP contribution in [0, 0.1) is 16.0 Å². The minimum absolute atomic E-state index is 0. The second-order valence-electron chi connectivity index (χ2n) is 5.90. The van der Waals surface area contributed by atoms with Crippen LogP contribution in [0.15, 0.2) is 18.2 Å². The Hall–Kier alpha value is -1.90. The van der Waals surface area contributed by atoms with E-state index in [9.17, 15) is 14.9 Å². The number of nitrogens with zero attached hydrogens (tertiary/aromatic N) is 2. The van der Waals surface area contributed by atoms with E-state index in [1.165, 1.54) is 19.2 Å². The first kappa shape index (κ1) is 21.1. The molecule has 1 heterocycles. The van der Waals surface area contributed by atoms with Gasteiger partial charge in [-0.3, -0.25) is 15.0 Å². The highest BCUT2D eigenvalue weighted by atomic mass is 35.5. The summed E-state index contributed by atoms with van der Waals surface area (Å²) in [5, 5.41) is 11.3. The molecule has 1 aliphatic rings. The number of esters is 1. The molecular formula is C16H24ClN3O5. The molecule has 9 heteroatoms. The van der Waals surface area contributed by atoms with Gasteiger partial charge in [0.2, 0.25) is 0 Å². The van der Waals surface area contributed by atoms with Crippen molar-refractivity contribution in [3.8, 4) is 5.75 Å². The third-order valence-corrected chi connectivity index (χ3v) is 4.14. The average Bonchev–Trinajstić information content (AvgIpc) is 2.60. The third-order valence-electron chi connectivity index (χ3n) is 4.14. The van der Waals surface area contributed by atoms with Crippen molar-refractivity contribution in [2.24, 2.45) is 11.7 Å². The number of hydrogen-bond acceptors (Lipinski definition) is 7. The molecule has 0 saturated carbocycles. The van der Waals surface area contributed by atoms with Crippen LogP contribution in [0.1, 0.15) is 18.4 Å². The van der Waals surface area contributed by atoms with Gasteiger partial charge >= 0.3 is 11.7 Å². The number of carbonyl (C=O) groups is 1. The summed E-state index contributed by atoms with van der Waals surface area (Å²) in [7, 11) is 1.23. The maximum Gasteiger partial charge on any atom is 0.343 e. The number of halogens is 1. The number of piperidine rings is 1. The van der Waals surface area contributed by atoms with Gasteiger partial charge in [0.25, 0.3) is 0 Å². The number of rotatable bonds is 7. The first-order chi connectivity index (χ1) is 11.5. The van der Waals surface area contributed by atoms with E-state index in [1.54, 1.807) is 6.07 Å². The fraction of sp³-hybridized carbons (Fsp3) is 0.562. The summed E-state index contributed by atoms with van der Waals surface area (Å²) in [6.45, 7) is 2.81. The van der Waals surface area contributed by atoms with Crippen molar-refractivity contribution in [2.75, 3.05) is 33.4 Å². The van der Waals surface area contributed by atoms with Crippen molar-refractivity contribution in [1.29, 1.82) is 0 Å². The largest absolute Gasteiger partial charge is 0.475 e. The second-order valence-corrected chi connectivity index (χ2v) is 5.90. The number of methoxy groups -OCH3 is 1. The van der Waals surface area contributed by atoms with Crippen LogP contribution < -0.4 is 10.5 Å². The number of likely N-dealkylation sites (tertiary alicyclic amines) is 1. The number of nitro benzene ring substituents is 1. The molecule has 0 radical (unpaired) electrons. The van der Waals surface area contributed by atoms with Gasteiger partial charge in [0.15, 0.2) is 12.4 Å². The molecule has 0 spiro atoms. The molecule has 1 aliphatic heterocycles. The molecule has 2 N–H and O–H groups in total. The molecule has 1 fully saturated rings. The fourth-order valence-corrected chi connectivity index (χ4v) is 2.87. The van der Waals surface area contributed by atoms with E-state index in [1.807, 2.05) is 0 Å². The Bertz CT molecular complexity index is 599. The molecular weight excluding hydrogens is 350 g/mol. The van der Waals surface area contributed by atoms with Crippen molar-refractivity contribution in [2.45, 2.75) is 19.4 Å². The molecule has 0 amide bonds. The molecule has 1 saturated heterocycles. The minimum atomic E-state index is -0.588. The Morgan fingerprint density at radius 3 is 2.88 bits per heavy atom. The molecule has 1 aromatic rings. The van der Waals surface area contributed by atoms with Crippen molar-refractivity contribution in [3.05, 3.63) is 33.9 Å². The predicted octanol–water partition coefficient (Wildman–Crippen LogP) is 1.74. The first-order valence-corrected chi connectivity index (χ1v) is 7.92. The van der Waals surface area contributed by atoms with Crippen molar-refractivity contribution in [1.82, 2.24) is 4.90 Å². The van der Waals surface area contributed by atoms with Gasteiger partial charge in [0.05, 0.1) is 12.0 Å². The zero-order chi connectivity index (χ0) is 17.5. The number of benzene rings is 1. The lowest BCUT2D eigenvalue weighted by Crippen LogP contribution is -2.37. The molecule has 0 aliphatic carbocycles. The highest BCUT2D eigenvalue weighted by Gasteiger charge is 2.21. The summed E-state index contributed by atoms with van der Waals surface area (Å²) in [4.78, 5) is 24.1. The molecule has 25 heavy (non-hydrogen) atoms. The molecule has 2 rings (SSSR count). The quantitative estimate of drug-likeness (QED) is 0.440. The topological polar surface area (TPSA) is 108 Å². The van der Waals surface area contributed by atoms with Crippen LogP contribution in [0.3, 0.4) is 0 Å². The van der Waals surface area contributed by atoms with E-state index < -0.39 is 10.9 Å². The number of hydrogen-bond donors (Lipinski definition) is 1. The van der Waals surface area contributed by atoms with E-state index >= 15 is 0 Å². The van der Waals surface area contributed by atoms with Gasteiger partial charge in [-0.1, -0.05) is 6.07 Å². The second kappa shape index (κ2) is 10.2. The van der Waals surface area contributed by atoms with Crippen LogP contribution in [0.4, 0.5) is 5.69 Å². The van der Waals surface area contributed by atoms with Gasteiger partial charge in [-0.05, 0) is 43.5 Å². The van der Waals surface area contributed by atoms with Crippen LogP contribution >= 0.6 is 12.4 Å². The monoisotopic (exact) mass is 373 g/mol. The summed E-state index contributed by atoms with van der Waals surface area (Å²) in [6, 6.07) is 4.81. The predicted molar refractivity (Wildman–Crippen MR) is 94.9 cm³/mol. The van der Waals surface area contributed by atoms with Crippen molar-refractivity contribution < 1.29 is 19.2 Å². The van der Waals surface area contributed by atoms with Crippen LogP contribution in [0.25, 0.3) is 0 Å². The van der Waals surface area contributed by atoms with Crippen molar-refractivity contribution in [3.63, 3.8) is 0 Å². The van der Waals surface area contributed by atoms with Gasteiger partial charge in [-0.25, -0.2) is 4.79 Å². The Morgan fingerprint density at radius 1 is 1.48 bits per heavy atom. The van der Waals surface area contributed by atoms with Gasteiger partial charge in [-0.2, -0.15) is 0 Å². The van der Waals surface area contributed by atoms with E-state index in [4.69, 9.17) is 10.5 Å². The van der Waals surface area contributed by atoms with Crippen LogP contribution in [0.2, 0.25) is 0 Å². The summed E-state index contributed by atoms with van der Waals surface area (Å²) in [6.07, 6.45) is 2.22. The maximum absolute atomic E-state index is 11.3. The summed E-state index contributed by atoms with van der Waals surface area (Å²) in [5.74, 6) is -0.0430. The van der Waals surface area contributed by atoms with E-state index in [2.05, 4.69) is 9.64 Å². The van der Waals surface area contributed by atoms with Crippen molar-refractivity contribution >= 4 is 24.1 Å². The number of nitro groups is 1. The Morgan fingerprint density at radius 2 is 2.24 bits per heavy atom. The normalized spacial score (nSPS) is 17.4. The van der Waals surface area contributed by atoms with E-state index in [0.717, 1.165) is 31.5 Å². The van der Waals surface area contributed by atoms with Crippen LogP contribution in [-0.2, 0) is 16.1 Å². The minimum Gasteiger partial charge on any atom is -0.475 e. The van der Waals surface area contributed by atoms with Gasteiger partial charge in [0, 0.05) is 19.2 Å². The molecule has 1 aromatic carbocycles. The van der Waals surface area contributed by atoms with Gasteiger partial charge in [-0.15, -0.1) is 12.4 Å². The van der Waals surface area contributed by atoms with Gasteiger partial charge in [0.1, 0.15) is 0 Å². The van der Waals surface area contributed by atoms with Crippen LogP contribution in [0.5, 0.6) is 5.75 Å². The number of ether oxygens (including phenoxy) is 2. The standard InChI is InChI=1S/C16H23N3O5.ClH/c1-23-16(20)11-24-15-5-4-12(7-14(15)19(21)22)9-18-6-2-3-13(8-17)10-18;/h4-5,7,13H,2-3,6,8-11,17H2,1H3;1H. The number of carbonyl (C=O) groups excluding carboxylic acids is 1. The SMILES string of the molecule is COC(=O)COc1ccc(CN2CCCC(CN)C2)cc1[N+](=O)[O-].Cl. The lowest BCUT2D eigenvalue weighted by atomic mass is 9.98. The molecule has 8 nitrogen and oxygen atoms in total. The molecule has 140 valence electrons. The Kier molecular flexibility index (Phi) is 8.60. The van der Waals surface area contributed by atoms with Crippen LogP contribution in [-0.4, -0.2) is 49.1 Å². The summed E-state index contributed by atoms with van der Waals surface area (Å²) < 4.78 is 9.65.